The number of ether oxygens (including phenoxy) is 3. The lowest BCUT2D eigenvalue weighted by Gasteiger charge is -2.49. The lowest BCUT2D eigenvalue weighted by atomic mass is 9.88. The minimum Gasteiger partial charge on any atom is -0.463 e. The average molecular weight is 611 g/mol. The van der Waals surface area contributed by atoms with Crippen molar-refractivity contribution >= 4 is 45.7 Å². The molecule has 12 nitrogen and oxygen atoms in total. The topological polar surface area (TPSA) is 142 Å². The predicted octanol–water partition coefficient (Wildman–Crippen LogP) is 1.39. The molecule has 0 bridgehead atoms. The first kappa shape index (κ1) is 26.8. The molecule has 14 heteroatoms. The van der Waals surface area contributed by atoms with Gasteiger partial charge in [-0.25, -0.2) is 4.79 Å². The van der Waals surface area contributed by atoms with Gasteiger partial charge in [-0.2, -0.15) is 15.2 Å². The summed E-state index contributed by atoms with van der Waals surface area (Å²) in [6.45, 7) is 8.76. The van der Waals surface area contributed by atoms with Crippen LogP contribution in [0, 0.1) is 16.7 Å². The van der Waals surface area contributed by atoms with Crippen molar-refractivity contribution in [2.75, 3.05) is 94.3 Å². The molecule has 1 spiro atoms. The lowest BCUT2D eigenvalue weighted by Crippen LogP contribution is -2.57. The zero-order valence-corrected chi connectivity index (χ0v) is 25.0. The van der Waals surface area contributed by atoms with E-state index >= 15 is 0 Å². The van der Waals surface area contributed by atoms with Crippen LogP contribution < -0.4 is 25.6 Å². The molecule has 5 aliphatic heterocycles. The van der Waals surface area contributed by atoms with E-state index in [1.54, 1.807) is 0 Å². The Hall–Kier alpha value is -2.83. The molecule has 2 aromatic heterocycles. The number of nitrogens with one attached hydrogen (secondary N) is 1. The molecule has 3 N–H and O–H groups in total. The Kier molecular flexibility index (Phi) is 6.45. The summed E-state index contributed by atoms with van der Waals surface area (Å²) in [5.41, 5.74) is 8.38. The minimum absolute atomic E-state index is 0.00158. The normalized spacial score (nSPS) is 25.5. The predicted molar refractivity (Wildman–Crippen MR) is 159 cm³/mol. The average Bonchev–Trinajstić information content (AvgIpc) is 3.58. The van der Waals surface area contributed by atoms with Gasteiger partial charge in [0.1, 0.15) is 23.2 Å². The molecule has 0 radical (unpaired) electrons. The fourth-order valence-corrected chi connectivity index (χ4v) is 9.76. The smallest absolute Gasteiger partial charge is 0.345 e. The SMILES string of the molecule is N#Cc1c(N)sc2c1C1(CN(c3nc(OCC4(CN5CCOCC5)CC4)nc4c3C(=O)OC[C@H]3CNCCN43)C1)SC2. The summed E-state index contributed by atoms with van der Waals surface area (Å²) >= 11 is 3.36. The number of piperazine rings is 1. The van der Waals surface area contributed by atoms with E-state index < -0.39 is 5.97 Å². The zero-order valence-electron chi connectivity index (χ0n) is 23.4. The first-order valence-electron chi connectivity index (χ1n) is 14.7. The van der Waals surface area contributed by atoms with Crippen LogP contribution in [0.5, 0.6) is 6.01 Å². The van der Waals surface area contributed by atoms with Crippen LogP contribution in [-0.2, 0) is 20.0 Å². The van der Waals surface area contributed by atoms with Crippen LogP contribution >= 0.6 is 23.1 Å². The largest absolute Gasteiger partial charge is 0.463 e. The number of anilines is 3. The van der Waals surface area contributed by atoms with Crippen molar-refractivity contribution in [2.24, 2.45) is 5.41 Å². The van der Waals surface area contributed by atoms with Crippen LogP contribution in [0.3, 0.4) is 0 Å². The van der Waals surface area contributed by atoms with Gasteiger partial charge in [0.25, 0.3) is 0 Å². The van der Waals surface area contributed by atoms with Crippen molar-refractivity contribution < 1.29 is 19.0 Å². The number of esters is 1. The molecule has 8 rings (SSSR count). The third kappa shape index (κ3) is 4.40. The highest BCUT2D eigenvalue weighted by atomic mass is 32.2. The fraction of sp³-hybridized carbons (Fsp3) is 0.643. The number of nitriles is 1. The van der Waals surface area contributed by atoms with E-state index in [9.17, 15) is 10.1 Å². The van der Waals surface area contributed by atoms with Crippen molar-refractivity contribution in [2.45, 2.75) is 29.4 Å². The standard InChI is InChI=1S/C28H34N8O4S2/c29-9-18-21-19(42-22(18)30)12-41-28(21)14-35(15-28)23-20-24(36-4-3-31-10-17(36)11-39-25(20)37)33-26(32-23)40-16-27(1-2-27)13-34-5-7-38-8-6-34/h17,31H,1-8,10-16,30H2/t17-/m1/s1. The van der Waals surface area contributed by atoms with Crippen molar-refractivity contribution in [3.8, 4) is 12.1 Å². The molecule has 1 saturated carbocycles. The van der Waals surface area contributed by atoms with Gasteiger partial charge in [0.2, 0.25) is 0 Å². The van der Waals surface area contributed by atoms with Crippen LogP contribution in [-0.4, -0.2) is 106 Å². The highest BCUT2D eigenvalue weighted by Crippen LogP contribution is 2.58. The molecule has 6 aliphatic rings. The second kappa shape index (κ2) is 10.1. The first-order valence-corrected chi connectivity index (χ1v) is 16.5. The van der Waals surface area contributed by atoms with E-state index in [4.69, 9.17) is 29.9 Å². The summed E-state index contributed by atoms with van der Waals surface area (Å²) in [6, 6.07) is 2.64. The monoisotopic (exact) mass is 610 g/mol. The maximum atomic E-state index is 13.5. The number of rotatable bonds is 6. The molecular formula is C28H34N8O4S2. The Bertz CT molecular complexity index is 1460. The van der Waals surface area contributed by atoms with Gasteiger partial charge in [-0.1, -0.05) is 0 Å². The Labute approximate surface area is 252 Å². The quantitative estimate of drug-likeness (QED) is 0.456. The van der Waals surface area contributed by atoms with Crippen molar-refractivity contribution in [3.63, 3.8) is 0 Å². The number of hydrogen-bond acceptors (Lipinski definition) is 14. The van der Waals surface area contributed by atoms with Gasteiger partial charge in [0, 0.05) is 74.0 Å². The maximum Gasteiger partial charge on any atom is 0.345 e. The molecule has 0 aromatic carbocycles. The second-order valence-corrected chi connectivity index (χ2v) is 14.7. The van der Waals surface area contributed by atoms with Gasteiger partial charge in [0.15, 0.2) is 11.6 Å². The number of morpholine rings is 1. The van der Waals surface area contributed by atoms with E-state index in [0.717, 1.165) is 63.6 Å². The Morgan fingerprint density at radius 1 is 1.19 bits per heavy atom. The number of nitrogens with two attached hydrogens (primary N) is 1. The molecule has 222 valence electrons. The van der Waals surface area contributed by atoms with E-state index in [0.29, 0.717) is 73.2 Å². The highest BCUT2D eigenvalue weighted by molar-refractivity contribution is 8.00. The number of nitrogens with zero attached hydrogens (tertiary/aromatic N) is 6. The molecule has 1 aliphatic carbocycles. The van der Waals surface area contributed by atoms with Crippen LogP contribution in [0.1, 0.15) is 39.2 Å². The molecule has 2 aromatic rings. The van der Waals surface area contributed by atoms with Crippen LogP contribution in [0.4, 0.5) is 16.6 Å². The fourth-order valence-electron chi connectivity index (χ4n) is 6.95. The lowest BCUT2D eigenvalue weighted by molar-refractivity contribution is 0.0231. The molecule has 4 fully saturated rings. The van der Waals surface area contributed by atoms with Crippen molar-refractivity contribution in [1.82, 2.24) is 20.2 Å². The summed E-state index contributed by atoms with van der Waals surface area (Å²) in [7, 11) is 0. The number of cyclic esters (lactones) is 1. The number of nitrogen functional groups attached to an aromatic ring is 1. The third-order valence-electron chi connectivity index (χ3n) is 9.46. The molecule has 0 unspecified atom stereocenters. The molecule has 7 heterocycles. The summed E-state index contributed by atoms with van der Waals surface area (Å²) in [5, 5.41) is 13.8. The molecule has 0 amide bonds. The molecule has 1 atom stereocenters. The Morgan fingerprint density at radius 3 is 2.79 bits per heavy atom. The second-order valence-electron chi connectivity index (χ2n) is 12.2. The van der Waals surface area contributed by atoms with Crippen molar-refractivity contribution in [1.29, 1.82) is 5.26 Å². The Morgan fingerprint density at radius 2 is 2.00 bits per heavy atom. The minimum atomic E-state index is -0.398. The van der Waals surface area contributed by atoms with E-state index in [1.165, 1.54) is 16.2 Å². The van der Waals surface area contributed by atoms with E-state index in [2.05, 4.69) is 26.1 Å². The molecule has 3 saturated heterocycles. The van der Waals surface area contributed by atoms with Crippen LogP contribution in [0.2, 0.25) is 0 Å². The number of fused-ring (bicyclic) bond motifs is 5. The van der Waals surface area contributed by atoms with E-state index in [-0.39, 0.29) is 16.2 Å². The van der Waals surface area contributed by atoms with Crippen molar-refractivity contribution in [3.05, 3.63) is 21.6 Å². The number of carbonyl (C=O) groups is 1. The Balaban J connectivity index is 1.11. The summed E-state index contributed by atoms with van der Waals surface area (Å²) in [6.07, 6.45) is 2.24. The zero-order chi connectivity index (χ0) is 28.5. The molecular weight excluding hydrogens is 576 g/mol. The van der Waals surface area contributed by atoms with Gasteiger partial charge in [0.05, 0.1) is 36.2 Å². The summed E-state index contributed by atoms with van der Waals surface area (Å²) in [4.78, 5) is 31.2. The van der Waals surface area contributed by atoms with Crippen LogP contribution in [0.25, 0.3) is 0 Å². The van der Waals surface area contributed by atoms with Gasteiger partial charge >= 0.3 is 12.0 Å². The first-order chi connectivity index (χ1) is 20.5. The number of thiophene rings is 1. The van der Waals surface area contributed by atoms with E-state index in [1.807, 2.05) is 11.8 Å². The molecule has 42 heavy (non-hydrogen) atoms. The summed E-state index contributed by atoms with van der Waals surface area (Å²) < 4.78 is 17.5. The number of thioether (sulfide) groups is 1. The number of carbonyl (C=O) groups excluding carboxylic acids is 1. The van der Waals surface area contributed by atoms with Gasteiger partial charge in [-0.05, 0) is 12.8 Å². The maximum absolute atomic E-state index is 13.5. The van der Waals surface area contributed by atoms with Gasteiger partial charge in [-0.3, -0.25) is 4.90 Å². The third-order valence-corrected chi connectivity index (χ3v) is 12.1. The highest BCUT2D eigenvalue weighted by Gasteiger charge is 2.54. The van der Waals surface area contributed by atoms with Gasteiger partial charge in [-0.15, -0.1) is 23.1 Å². The number of aromatic nitrogens is 2. The summed E-state index contributed by atoms with van der Waals surface area (Å²) in [5.74, 6) is 1.59. The number of hydrogen-bond donors (Lipinski definition) is 2. The van der Waals surface area contributed by atoms with Crippen LogP contribution in [0.15, 0.2) is 0 Å². The van der Waals surface area contributed by atoms with Gasteiger partial charge < -0.3 is 35.1 Å².